The van der Waals surface area contributed by atoms with Crippen LogP contribution in [-0.2, 0) is 14.3 Å². The van der Waals surface area contributed by atoms with Gasteiger partial charge in [0, 0.05) is 25.3 Å². The SMILES string of the molecule is C[C@@H]1CN(c2ccc(NC(=O)[C@@H]3CS[C@]4(C)CCC(=O)N34)cn2)C[C@@H](C)O1. The predicted molar refractivity (Wildman–Crippen MR) is 106 cm³/mol. The molecule has 1 aromatic rings. The van der Waals surface area contributed by atoms with Crippen LogP contribution in [0, 0.1) is 0 Å². The monoisotopic (exact) mass is 390 g/mol. The number of aromatic nitrogens is 1. The molecular weight excluding hydrogens is 364 g/mol. The molecule has 1 N–H and O–H groups in total. The Morgan fingerprint density at radius 3 is 2.74 bits per heavy atom. The lowest BCUT2D eigenvalue weighted by molar-refractivity contribution is -0.135. The highest BCUT2D eigenvalue weighted by molar-refractivity contribution is 8.01. The van der Waals surface area contributed by atoms with Crippen LogP contribution >= 0.6 is 11.8 Å². The molecule has 8 heteroatoms. The van der Waals surface area contributed by atoms with Crippen molar-refractivity contribution in [1.82, 2.24) is 9.88 Å². The van der Waals surface area contributed by atoms with Crippen LogP contribution in [0.1, 0.15) is 33.6 Å². The molecule has 3 aliphatic heterocycles. The predicted octanol–water partition coefficient (Wildman–Crippen LogP) is 2.09. The highest BCUT2D eigenvalue weighted by Gasteiger charge is 2.52. The molecule has 0 unspecified atom stereocenters. The molecule has 7 nitrogen and oxygen atoms in total. The van der Waals surface area contributed by atoms with E-state index in [2.05, 4.69) is 36.0 Å². The van der Waals surface area contributed by atoms with E-state index < -0.39 is 6.04 Å². The summed E-state index contributed by atoms with van der Waals surface area (Å²) in [5.74, 6) is 1.47. The van der Waals surface area contributed by atoms with Crippen molar-refractivity contribution in [2.24, 2.45) is 0 Å². The summed E-state index contributed by atoms with van der Waals surface area (Å²) in [5.41, 5.74) is 0.656. The average molecular weight is 391 g/mol. The maximum atomic E-state index is 12.7. The Morgan fingerprint density at radius 2 is 2.07 bits per heavy atom. The summed E-state index contributed by atoms with van der Waals surface area (Å²) in [4.78, 5) is 33.2. The third kappa shape index (κ3) is 3.52. The first kappa shape index (κ1) is 18.6. The topological polar surface area (TPSA) is 74.8 Å². The quantitative estimate of drug-likeness (QED) is 0.852. The molecule has 2 amide bonds. The molecule has 0 aromatic carbocycles. The normalized spacial score (nSPS) is 33.3. The fourth-order valence-electron chi connectivity index (χ4n) is 4.25. The third-order valence-corrected chi connectivity index (χ3v) is 7.01. The Balaban J connectivity index is 1.41. The molecule has 146 valence electrons. The number of thioether (sulfide) groups is 1. The summed E-state index contributed by atoms with van der Waals surface area (Å²) in [5, 5.41) is 2.93. The Bertz CT molecular complexity index is 733. The van der Waals surface area contributed by atoms with Crippen LogP contribution in [0.15, 0.2) is 18.3 Å². The van der Waals surface area contributed by atoms with Crippen molar-refractivity contribution in [3.8, 4) is 0 Å². The second kappa shape index (κ2) is 6.98. The van der Waals surface area contributed by atoms with Crippen LogP contribution in [0.3, 0.4) is 0 Å². The van der Waals surface area contributed by atoms with Crippen LogP contribution in [-0.4, -0.2) is 63.7 Å². The van der Waals surface area contributed by atoms with Crippen molar-refractivity contribution >= 4 is 35.1 Å². The standard InChI is InChI=1S/C19H26N4O3S/c1-12-9-22(10-13(2)26-12)16-5-4-14(8-20-16)21-18(25)15-11-27-19(3)7-6-17(24)23(15)19/h4-5,8,12-13,15H,6-7,9-11H2,1-3H3,(H,21,25)/t12-,13-,15+,19-/m1/s1. The zero-order valence-electron chi connectivity index (χ0n) is 16.0. The van der Waals surface area contributed by atoms with Gasteiger partial charge in [-0.05, 0) is 39.3 Å². The number of carbonyl (C=O) groups is 2. The van der Waals surface area contributed by atoms with Gasteiger partial charge in [-0.1, -0.05) is 0 Å². The van der Waals surface area contributed by atoms with Crippen LogP contribution in [0.5, 0.6) is 0 Å². The van der Waals surface area contributed by atoms with E-state index in [0.29, 0.717) is 17.9 Å². The molecule has 4 atom stereocenters. The first-order valence-corrected chi connectivity index (χ1v) is 10.5. The number of carbonyl (C=O) groups excluding carboxylic acids is 2. The molecule has 27 heavy (non-hydrogen) atoms. The first-order valence-electron chi connectivity index (χ1n) is 9.49. The van der Waals surface area contributed by atoms with E-state index >= 15 is 0 Å². The summed E-state index contributed by atoms with van der Waals surface area (Å²) in [6, 6.07) is 3.39. The molecule has 0 aliphatic carbocycles. The van der Waals surface area contributed by atoms with Gasteiger partial charge >= 0.3 is 0 Å². The van der Waals surface area contributed by atoms with Crippen molar-refractivity contribution in [2.75, 3.05) is 29.1 Å². The van der Waals surface area contributed by atoms with Gasteiger partial charge in [-0.2, -0.15) is 0 Å². The number of rotatable bonds is 3. The minimum absolute atomic E-state index is 0.0756. The lowest BCUT2D eigenvalue weighted by atomic mass is 10.2. The summed E-state index contributed by atoms with van der Waals surface area (Å²) in [6.07, 6.45) is 3.36. The number of nitrogens with zero attached hydrogens (tertiary/aromatic N) is 3. The highest BCUT2D eigenvalue weighted by atomic mass is 32.2. The van der Waals surface area contributed by atoms with Gasteiger partial charge < -0.3 is 19.9 Å². The third-order valence-electron chi connectivity index (χ3n) is 5.51. The number of morpholine rings is 1. The van der Waals surface area contributed by atoms with E-state index in [0.717, 1.165) is 25.3 Å². The van der Waals surface area contributed by atoms with E-state index in [9.17, 15) is 9.59 Å². The lowest BCUT2D eigenvalue weighted by Gasteiger charge is -2.36. The number of amides is 2. The molecule has 4 heterocycles. The largest absolute Gasteiger partial charge is 0.372 e. The van der Waals surface area contributed by atoms with Gasteiger partial charge in [-0.3, -0.25) is 9.59 Å². The molecule has 0 radical (unpaired) electrons. The van der Waals surface area contributed by atoms with Crippen LogP contribution in [0.2, 0.25) is 0 Å². The zero-order chi connectivity index (χ0) is 19.2. The Labute approximate surface area is 163 Å². The summed E-state index contributed by atoms with van der Waals surface area (Å²) < 4.78 is 5.76. The molecule has 0 bridgehead atoms. The molecule has 1 aromatic heterocycles. The van der Waals surface area contributed by atoms with Gasteiger partial charge in [0.2, 0.25) is 11.8 Å². The van der Waals surface area contributed by atoms with Crippen molar-refractivity contribution in [1.29, 1.82) is 0 Å². The fourth-order valence-corrected chi connectivity index (χ4v) is 5.68. The molecule has 3 saturated heterocycles. The van der Waals surface area contributed by atoms with Crippen molar-refractivity contribution in [2.45, 2.75) is 56.7 Å². The lowest BCUT2D eigenvalue weighted by Crippen LogP contribution is -2.48. The highest BCUT2D eigenvalue weighted by Crippen LogP contribution is 2.47. The van der Waals surface area contributed by atoms with E-state index in [1.807, 2.05) is 12.1 Å². The number of fused-ring (bicyclic) bond motifs is 1. The Hall–Kier alpha value is -1.80. The van der Waals surface area contributed by atoms with Gasteiger partial charge in [-0.25, -0.2) is 4.98 Å². The second-order valence-electron chi connectivity index (χ2n) is 7.82. The number of anilines is 2. The number of ether oxygens (including phenoxy) is 1. The smallest absolute Gasteiger partial charge is 0.248 e. The minimum atomic E-state index is -0.407. The Kier molecular flexibility index (Phi) is 4.80. The van der Waals surface area contributed by atoms with Crippen molar-refractivity contribution in [3.05, 3.63) is 18.3 Å². The van der Waals surface area contributed by atoms with E-state index in [1.54, 1.807) is 22.9 Å². The van der Waals surface area contributed by atoms with Gasteiger partial charge in [0.05, 0.1) is 29.0 Å². The molecular formula is C19H26N4O3S. The van der Waals surface area contributed by atoms with Crippen LogP contribution in [0.25, 0.3) is 0 Å². The van der Waals surface area contributed by atoms with E-state index in [-0.39, 0.29) is 28.9 Å². The average Bonchev–Trinajstić information content (AvgIpc) is 3.11. The molecule has 3 fully saturated rings. The minimum Gasteiger partial charge on any atom is -0.372 e. The summed E-state index contributed by atoms with van der Waals surface area (Å²) in [7, 11) is 0. The molecule has 4 rings (SSSR count). The summed E-state index contributed by atoms with van der Waals surface area (Å²) in [6.45, 7) is 7.78. The number of hydrogen-bond donors (Lipinski definition) is 1. The molecule has 0 saturated carbocycles. The number of nitrogens with one attached hydrogen (secondary N) is 1. The van der Waals surface area contributed by atoms with Crippen molar-refractivity contribution in [3.63, 3.8) is 0 Å². The van der Waals surface area contributed by atoms with E-state index in [4.69, 9.17) is 4.74 Å². The van der Waals surface area contributed by atoms with Gasteiger partial charge in [0.25, 0.3) is 0 Å². The first-order chi connectivity index (χ1) is 12.9. The van der Waals surface area contributed by atoms with E-state index in [1.165, 1.54) is 0 Å². The second-order valence-corrected chi connectivity index (χ2v) is 9.32. The summed E-state index contributed by atoms with van der Waals surface area (Å²) >= 11 is 1.70. The maximum Gasteiger partial charge on any atom is 0.248 e. The number of hydrogen-bond acceptors (Lipinski definition) is 6. The maximum absolute atomic E-state index is 12.7. The van der Waals surface area contributed by atoms with Crippen LogP contribution < -0.4 is 10.2 Å². The van der Waals surface area contributed by atoms with Gasteiger partial charge in [-0.15, -0.1) is 11.8 Å². The molecule has 0 spiro atoms. The van der Waals surface area contributed by atoms with Gasteiger partial charge in [0.15, 0.2) is 0 Å². The molecule has 3 aliphatic rings. The van der Waals surface area contributed by atoms with Gasteiger partial charge in [0.1, 0.15) is 11.9 Å². The van der Waals surface area contributed by atoms with Crippen molar-refractivity contribution < 1.29 is 14.3 Å². The Morgan fingerprint density at radius 1 is 1.33 bits per heavy atom. The van der Waals surface area contributed by atoms with Crippen LogP contribution in [0.4, 0.5) is 11.5 Å². The zero-order valence-corrected chi connectivity index (χ0v) is 16.8. The fraction of sp³-hybridized carbons (Fsp3) is 0.632. The number of pyridine rings is 1.